The molecule has 0 aliphatic carbocycles. The highest BCUT2D eigenvalue weighted by Gasteiger charge is 2.25. The van der Waals surface area contributed by atoms with Crippen molar-refractivity contribution in [3.05, 3.63) is 82.4 Å². The number of aromatic nitrogens is 2. The Hall–Kier alpha value is -3.12. The van der Waals surface area contributed by atoms with Gasteiger partial charge < -0.3 is 14.8 Å². The predicted octanol–water partition coefficient (Wildman–Crippen LogP) is 3.50. The lowest BCUT2D eigenvalue weighted by Gasteiger charge is -2.20. The zero-order valence-electron chi connectivity index (χ0n) is 16.2. The molecule has 1 aliphatic rings. The van der Waals surface area contributed by atoms with Crippen molar-refractivity contribution in [1.82, 2.24) is 14.9 Å². The number of hydrogen-bond donors (Lipinski definition) is 1. The smallest absolute Gasteiger partial charge is 0.252 e. The zero-order valence-corrected chi connectivity index (χ0v) is 17.0. The molecule has 2 amide bonds. The van der Waals surface area contributed by atoms with Crippen LogP contribution in [0, 0.1) is 0 Å². The van der Waals surface area contributed by atoms with Crippen LogP contribution in [-0.4, -0.2) is 27.9 Å². The Morgan fingerprint density at radius 1 is 1.17 bits per heavy atom. The van der Waals surface area contributed by atoms with E-state index >= 15 is 0 Å². The number of rotatable bonds is 4. The summed E-state index contributed by atoms with van der Waals surface area (Å²) in [6, 6.07) is 12.4. The van der Waals surface area contributed by atoms with E-state index in [1.54, 1.807) is 36.2 Å². The van der Waals surface area contributed by atoms with E-state index in [9.17, 15) is 9.59 Å². The number of anilines is 1. The number of carbonyl (C=O) groups excluding carboxylic acids is 2. The average molecular weight is 409 g/mol. The maximum atomic E-state index is 13.1. The van der Waals surface area contributed by atoms with Gasteiger partial charge >= 0.3 is 0 Å². The molecule has 1 unspecified atom stereocenters. The molecule has 1 aliphatic heterocycles. The van der Waals surface area contributed by atoms with Crippen LogP contribution in [-0.2, 0) is 18.3 Å². The van der Waals surface area contributed by atoms with Crippen molar-refractivity contribution in [3.63, 3.8) is 0 Å². The SMILES string of the molecule is CC(=O)N1CCc2cc(C(=O)NC(c3ccc(Cl)cc3)c3nccn3C)ccc21. The maximum Gasteiger partial charge on any atom is 0.252 e. The fourth-order valence-electron chi connectivity index (χ4n) is 3.69. The lowest BCUT2D eigenvalue weighted by molar-refractivity contribution is -0.116. The van der Waals surface area contributed by atoms with Gasteiger partial charge in [-0.25, -0.2) is 4.98 Å². The molecule has 0 saturated heterocycles. The van der Waals surface area contributed by atoms with Crippen LogP contribution >= 0.6 is 11.6 Å². The van der Waals surface area contributed by atoms with Crippen molar-refractivity contribution in [2.24, 2.45) is 7.05 Å². The Balaban J connectivity index is 1.63. The third-order valence-corrected chi connectivity index (χ3v) is 5.46. The van der Waals surface area contributed by atoms with E-state index in [4.69, 9.17) is 11.6 Å². The standard InChI is InChI=1S/C22H21ClN4O2/c1-14(28)27-11-9-16-13-17(5-8-19(16)27)22(29)25-20(21-24-10-12-26(21)2)15-3-6-18(23)7-4-15/h3-8,10,12-13,20H,9,11H2,1-2H3,(H,25,29). The normalized spacial score (nSPS) is 13.8. The van der Waals surface area contributed by atoms with Gasteiger partial charge in [-0.15, -0.1) is 0 Å². The zero-order chi connectivity index (χ0) is 20.5. The van der Waals surface area contributed by atoms with Gasteiger partial charge in [-0.1, -0.05) is 23.7 Å². The molecule has 0 saturated carbocycles. The van der Waals surface area contributed by atoms with Crippen molar-refractivity contribution in [1.29, 1.82) is 0 Å². The molecule has 148 valence electrons. The number of hydrogen-bond acceptors (Lipinski definition) is 3. The predicted molar refractivity (Wildman–Crippen MR) is 112 cm³/mol. The van der Waals surface area contributed by atoms with E-state index < -0.39 is 6.04 Å². The van der Waals surface area contributed by atoms with Gasteiger partial charge in [-0.05, 0) is 47.9 Å². The van der Waals surface area contributed by atoms with Gasteiger partial charge in [0, 0.05) is 49.2 Å². The summed E-state index contributed by atoms with van der Waals surface area (Å²) in [4.78, 5) is 31.0. The quantitative estimate of drug-likeness (QED) is 0.718. The number of imidazole rings is 1. The number of carbonyl (C=O) groups is 2. The van der Waals surface area contributed by atoms with Crippen LogP contribution in [0.5, 0.6) is 0 Å². The van der Waals surface area contributed by atoms with Gasteiger partial charge in [0.25, 0.3) is 5.91 Å². The summed E-state index contributed by atoms with van der Waals surface area (Å²) in [6.07, 6.45) is 4.29. The van der Waals surface area contributed by atoms with E-state index in [0.717, 1.165) is 29.1 Å². The summed E-state index contributed by atoms with van der Waals surface area (Å²) in [5.41, 5.74) is 3.34. The Morgan fingerprint density at radius 2 is 1.93 bits per heavy atom. The van der Waals surface area contributed by atoms with E-state index in [0.29, 0.717) is 17.1 Å². The second-order valence-electron chi connectivity index (χ2n) is 7.12. The topological polar surface area (TPSA) is 67.2 Å². The highest BCUT2D eigenvalue weighted by atomic mass is 35.5. The van der Waals surface area contributed by atoms with Gasteiger partial charge in [-0.2, -0.15) is 0 Å². The molecular formula is C22H21ClN4O2. The van der Waals surface area contributed by atoms with Crippen LogP contribution in [0.4, 0.5) is 5.69 Å². The lowest BCUT2D eigenvalue weighted by Crippen LogP contribution is -2.31. The first-order chi connectivity index (χ1) is 13.9. The van der Waals surface area contributed by atoms with Crippen LogP contribution in [0.25, 0.3) is 0 Å². The van der Waals surface area contributed by atoms with Gasteiger partial charge in [-0.3, -0.25) is 9.59 Å². The van der Waals surface area contributed by atoms with E-state index in [1.807, 2.05) is 42.1 Å². The van der Waals surface area contributed by atoms with Gasteiger partial charge in [0.15, 0.2) is 0 Å². The number of aryl methyl sites for hydroxylation is 1. The van der Waals surface area contributed by atoms with Crippen LogP contribution in [0.3, 0.4) is 0 Å². The van der Waals surface area contributed by atoms with Crippen molar-refractivity contribution < 1.29 is 9.59 Å². The minimum absolute atomic E-state index is 0.0125. The van der Waals surface area contributed by atoms with Gasteiger partial charge in [0.1, 0.15) is 11.9 Å². The summed E-state index contributed by atoms with van der Waals surface area (Å²) in [5.74, 6) is 0.542. The highest BCUT2D eigenvalue weighted by Crippen LogP contribution is 2.29. The Kier molecular flexibility index (Phi) is 5.11. The van der Waals surface area contributed by atoms with Gasteiger partial charge in [0.05, 0.1) is 0 Å². The van der Waals surface area contributed by atoms with Crippen molar-refractivity contribution >= 4 is 29.1 Å². The fourth-order valence-corrected chi connectivity index (χ4v) is 3.82. The third-order valence-electron chi connectivity index (χ3n) is 5.21. The first-order valence-electron chi connectivity index (χ1n) is 9.38. The maximum absolute atomic E-state index is 13.1. The Labute approximate surface area is 174 Å². The van der Waals surface area contributed by atoms with Crippen LogP contribution in [0.2, 0.25) is 5.02 Å². The molecule has 1 aromatic heterocycles. The first kappa shape index (κ1) is 19.2. The highest BCUT2D eigenvalue weighted by molar-refractivity contribution is 6.30. The van der Waals surface area contributed by atoms with Crippen molar-refractivity contribution in [2.75, 3.05) is 11.4 Å². The molecule has 0 bridgehead atoms. The molecular weight excluding hydrogens is 388 g/mol. The molecule has 1 N–H and O–H groups in total. The number of nitrogens with zero attached hydrogens (tertiary/aromatic N) is 3. The molecule has 0 fully saturated rings. The monoisotopic (exact) mass is 408 g/mol. The summed E-state index contributed by atoms with van der Waals surface area (Å²) in [7, 11) is 1.89. The van der Waals surface area contributed by atoms with Gasteiger partial charge in [0.2, 0.25) is 5.91 Å². The molecule has 3 aromatic rings. The fraction of sp³-hybridized carbons (Fsp3) is 0.227. The molecule has 1 atom stereocenters. The number of halogens is 1. The summed E-state index contributed by atoms with van der Waals surface area (Å²) in [5, 5.41) is 3.72. The average Bonchev–Trinajstić information content (AvgIpc) is 3.32. The number of fused-ring (bicyclic) bond motifs is 1. The molecule has 0 radical (unpaired) electrons. The van der Waals surface area contributed by atoms with Crippen LogP contribution < -0.4 is 10.2 Å². The minimum Gasteiger partial charge on any atom is -0.338 e. The van der Waals surface area contributed by atoms with Crippen molar-refractivity contribution in [3.8, 4) is 0 Å². The second-order valence-corrected chi connectivity index (χ2v) is 7.55. The summed E-state index contributed by atoms with van der Waals surface area (Å²) in [6.45, 7) is 2.20. The molecule has 2 heterocycles. The number of amides is 2. The summed E-state index contributed by atoms with van der Waals surface area (Å²) < 4.78 is 1.88. The van der Waals surface area contributed by atoms with Crippen molar-refractivity contribution in [2.45, 2.75) is 19.4 Å². The molecule has 2 aromatic carbocycles. The van der Waals surface area contributed by atoms with E-state index in [2.05, 4.69) is 10.3 Å². The Morgan fingerprint density at radius 3 is 2.59 bits per heavy atom. The molecule has 4 rings (SSSR count). The third kappa shape index (κ3) is 3.76. The molecule has 7 heteroatoms. The lowest BCUT2D eigenvalue weighted by atomic mass is 10.0. The summed E-state index contributed by atoms with van der Waals surface area (Å²) >= 11 is 6.03. The molecule has 29 heavy (non-hydrogen) atoms. The van der Waals surface area contributed by atoms with Crippen LogP contribution in [0.1, 0.15) is 40.3 Å². The van der Waals surface area contributed by atoms with Crippen LogP contribution in [0.15, 0.2) is 54.9 Å². The van der Waals surface area contributed by atoms with E-state index in [-0.39, 0.29) is 11.8 Å². The number of nitrogens with one attached hydrogen (secondary N) is 1. The largest absolute Gasteiger partial charge is 0.338 e. The first-order valence-corrected chi connectivity index (χ1v) is 9.76. The number of benzene rings is 2. The Bertz CT molecular complexity index is 1070. The molecule has 0 spiro atoms. The minimum atomic E-state index is -0.415. The second kappa shape index (κ2) is 7.72. The molecule has 6 nitrogen and oxygen atoms in total. The van der Waals surface area contributed by atoms with E-state index in [1.165, 1.54) is 0 Å².